The Morgan fingerprint density at radius 2 is 1.67 bits per heavy atom. The summed E-state index contributed by atoms with van der Waals surface area (Å²) in [6, 6.07) is 0. The van der Waals surface area contributed by atoms with Gasteiger partial charge in [-0.3, -0.25) is 9.69 Å². The van der Waals surface area contributed by atoms with Gasteiger partial charge < -0.3 is 0 Å². The van der Waals surface area contributed by atoms with E-state index in [4.69, 9.17) is 0 Å². The fraction of sp³-hybridized carbons (Fsp3) is 0.923. The molecule has 0 spiro atoms. The molecule has 2 unspecified atom stereocenters. The van der Waals surface area contributed by atoms with Crippen LogP contribution >= 0.6 is 0 Å². The molecule has 0 fully saturated rings. The van der Waals surface area contributed by atoms with Gasteiger partial charge in [0.1, 0.15) is 0 Å². The molecule has 0 heterocycles. The molecule has 0 saturated heterocycles. The lowest BCUT2D eigenvalue weighted by molar-refractivity contribution is -0.134. The SMILES string of the molecule is CCC(C)C(=O)C(C)(CC)N(CC)CC. The van der Waals surface area contributed by atoms with E-state index < -0.39 is 0 Å². The fourth-order valence-electron chi connectivity index (χ4n) is 2.19. The van der Waals surface area contributed by atoms with E-state index in [2.05, 4.69) is 39.5 Å². The van der Waals surface area contributed by atoms with Crippen LogP contribution in [0.1, 0.15) is 54.4 Å². The van der Waals surface area contributed by atoms with Crippen LogP contribution in [0.5, 0.6) is 0 Å². The molecule has 0 rings (SSSR count). The van der Waals surface area contributed by atoms with Crippen molar-refractivity contribution in [3.05, 3.63) is 0 Å². The lowest BCUT2D eigenvalue weighted by Gasteiger charge is -2.39. The van der Waals surface area contributed by atoms with Crippen molar-refractivity contribution in [2.75, 3.05) is 13.1 Å². The first kappa shape index (κ1) is 14.6. The average Bonchev–Trinajstić information content (AvgIpc) is 2.28. The number of carbonyl (C=O) groups excluding carboxylic acids is 1. The third-order valence-corrected chi connectivity index (χ3v) is 3.74. The van der Waals surface area contributed by atoms with Crippen molar-refractivity contribution in [1.82, 2.24) is 4.90 Å². The van der Waals surface area contributed by atoms with Crippen molar-refractivity contribution >= 4 is 5.78 Å². The predicted octanol–water partition coefficient (Wildman–Crippen LogP) is 3.11. The minimum Gasteiger partial charge on any atom is -0.297 e. The number of hydrogen-bond donors (Lipinski definition) is 0. The molecule has 0 aliphatic carbocycles. The highest BCUT2D eigenvalue weighted by molar-refractivity contribution is 5.89. The Hall–Kier alpha value is -0.370. The summed E-state index contributed by atoms with van der Waals surface area (Å²) in [6.07, 6.45) is 1.84. The van der Waals surface area contributed by atoms with Crippen molar-refractivity contribution in [3.63, 3.8) is 0 Å². The molecule has 0 aromatic carbocycles. The summed E-state index contributed by atoms with van der Waals surface area (Å²) in [4.78, 5) is 14.6. The van der Waals surface area contributed by atoms with Gasteiger partial charge >= 0.3 is 0 Å². The Bertz CT molecular complexity index is 199. The van der Waals surface area contributed by atoms with Gasteiger partial charge in [-0.2, -0.15) is 0 Å². The van der Waals surface area contributed by atoms with Gasteiger partial charge in [0, 0.05) is 5.92 Å². The molecule has 0 saturated carbocycles. The maximum atomic E-state index is 12.3. The molecule has 2 heteroatoms. The van der Waals surface area contributed by atoms with Crippen LogP contribution in [0.4, 0.5) is 0 Å². The minimum absolute atomic E-state index is 0.176. The van der Waals surface area contributed by atoms with Crippen LogP contribution in [0.15, 0.2) is 0 Å². The standard InChI is InChI=1S/C13H27NO/c1-7-11(5)12(15)13(6,8-2)14(9-3)10-4/h11H,7-10H2,1-6H3. The summed E-state index contributed by atoms with van der Waals surface area (Å²) in [5.74, 6) is 0.576. The van der Waals surface area contributed by atoms with Crippen LogP contribution in [0, 0.1) is 5.92 Å². The van der Waals surface area contributed by atoms with Crippen molar-refractivity contribution in [2.45, 2.75) is 59.9 Å². The van der Waals surface area contributed by atoms with Crippen LogP contribution in [0.3, 0.4) is 0 Å². The Morgan fingerprint density at radius 3 is 1.93 bits per heavy atom. The van der Waals surface area contributed by atoms with Gasteiger partial charge in [-0.15, -0.1) is 0 Å². The molecule has 0 amide bonds. The highest BCUT2D eigenvalue weighted by Crippen LogP contribution is 2.25. The van der Waals surface area contributed by atoms with Crippen LogP contribution < -0.4 is 0 Å². The molecule has 2 atom stereocenters. The van der Waals surface area contributed by atoms with E-state index in [1.807, 2.05) is 6.92 Å². The van der Waals surface area contributed by atoms with Crippen molar-refractivity contribution in [3.8, 4) is 0 Å². The number of likely N-dealkylation sites (N-methyl/N-ethyl adjacent to an activating group) is 1. The zero-order chi connectivity index (χ0) is 12.1. The maximum absolute atomic E-state index is 12.3. The van der Waals surface area contributed by atoms with Gasteiger partial charge in [0.2, 0.25) is 0 Å². The topological polar surface area (TPSA) is 20.3 Å². The van der Waals surface area contributed by atoms with Gasteiger partial charge in [0.25, 0.3) is 0 Å². The maximum Gasteiger partial charge on any atom is 0.155 e. The fourth-order valence-corrected chi connectivity index (χ4v) is 2.19. The zero-order valence-corrected chi connectivity index (χ0v) is 11.3. The first-order valence-electron chi connectivity index (χ1n) is 6.27. The molecule has 0 aromatic heterocycles. The number of rotatable bonds is 7. The summed E-state index contributed by atoms with van der Waals surface area (Å²) >= 11 is 0. The molecule has 2 nitrogen and oxygen atoms in total. The smallest absolute Gasteiger partial charge is 0.155 e. The summed E-state index contributed by atoms with van der Waals surface area (Å²) in [6.45, 7) is 14.5. The van der Waals surface area contributed by atoms with Gasteiger partial charge in [-0.05, 0) is 32.9 Å². The highest BCUT2D eigenvalue weighted by atomic mass is 16.1. The second kappa shape index (κ2) is 6.26. The van der Waals surface area contributed by atoms with E-state index in [-0.39, 0.29) is 11.5 Å². The number of nitrogens with zero attached hydrogens (tertiary/aromatic N) is 1. The monoisotopic (exact) mass is 213 g/mol. The Labute approximate surface area is 95.0 Å². The summed E-state index contributed by atoms with van der Waals surface area (Å²) in [5.41, 5.74) is -0.265. The largest absolute Gasteiger partial charge is 0.297 e. The minimum atomic E-state index is -0.265. The van der Waals surface area contributed by atoms with Crippen LogP contribution in [-0.2, 0) is 4.79 Å². The van der Waals surface area contributed by atoms with E-state index in [1.165, 1.54) is 0 Å². The quantitative estimate of drug-likeness (QED) is 0.647. The van der Waals surface area contributed by atoms with Gasteiger partial charge in [-0.25, -0.2) is 0 Å². The molecule has 0 bridgehead atoms. The van der Waals surface area contributed by atoms with Gasteiger partial charge in [0.15, 0.2) is 5.78 Å². The number of hydrogen-bond acceptors (Lipinski definition) is 2. The zero-order valence-electron chi connectivity index (χ0n) is 11.3. The van der Waals surface area contributed by atoms with Crippen LogP contribution in [-0.4, -0.2) is 29.3 Å². The van der Waals surface area contributed by atoms with E-state index in [0.29, 0.717) is 5.78 Å². The lowest BCUT2D eigenvalue weighted by atomic mass is 9.83. The molecule has 15 heavy (non-hydrogen) atoms. The van der Waals surface area contributed by atoms with E-state index in [0.717, 1.165) is 25.9 Å². The second-order valence-corrected chi connectivity index (χ2v) is 4.47. The first-order valence-corrected chi connectivity index (χ1v) is 6.27. The van der Waals surface area contributed by atoms with Crippen LogP contribution in [0.25, 0.3) is 0 Å². The number of carbonyl (C=O) groups is 1. The third kappa shape index (κ3) is 3.04. The molecule has 0 N–H and O–H groups in total. The molecular formula is C13H27NO. The molecule has 0 aliphatic rings. The molecule has 90 valence electrons. The first-order chi connectivity index (χ1) is 6.97. The molecular weight excluding hydrogens is 186 g/mol. The Balaban J connectivity index is 4.89. The van der Waals surface area contributed by atoms with E-state index >= 15 is 0 Å². The normalized spacial score (nSPS) is 17.5. The van der Waals surface area contributed by atoms with E-state index in [9.17, 15) is 4.79 Å². The second-order valence-electron chi connectivity index (χ2n) is 4.47. The molecule has 0 radical (unpaired) electrons. The number of Topliss-reactive ketones (excluding diaryl/α,β-unsaturated/α-hetero) is 1. The number of ketones is 1. The third-order valence-electron chi connectivity index (χ3n) is 3.74. The van der Waals surface area contributed by atoms with Crippen molar-refractivity contribution in [1.29, 1.82) is 0 Å². The lowest BCUT2D eigenvalue weighted by Crippen LogP contribution is -2.53. The van der Waals surface area contributed by atoms with Crippen molar-refractivity contribution < 1.29 is 4.79 Å². The van der Waals surface area contributed by atoms with Crippen LogP contribution in [0.2, 0.25) is 0 Å². The Morgan fingerprint density at radius 1 is 1.20 bits per heavy atom. The van der Waals surface area contributed by atoms with Gasteiger partial charge in [0.05, 0.1) is 5.54 Å². The van der Waals surface area contributed by atoms with Gasteiger partial charge in [-0.1, -0.05) is 34.6 Å². The summed E-state index contributed by atoms with van der Waals surface area (Å²) in [5, 5.41) is 0. The molecule has 0 aromatic rings. The predicted molar refractivity (Wildman–Crippen MR) is 66.1 cm³/mol. The van der Waals surface area contributed by atoms with Crippen molar-refractivity contribution in [2.24, 2.45) is 5.92 Å². The highest BCUT2D eigenvalue weighted by Gasteiger charge is 2.37. The van der Waals surface area contributed by atoms with E-state index in [1.54, 1.807) is 0 Å². The summed E-state index contributed by atoms with van der Waals surface area (Å²) < 4.78 is 0. The summed E-state index contributed by atoms with van der Waals surface area (Å²) in [7, 11) is 0. The molecule has 0 aliphatic heterocycles. The average molecular weight is 213 g/mol. The Kier molecular flexibility index (Phi) is 6.11.